The fourth-order valence-electron chi connectivity index (χ4n) is 2.17. The second-order valence-corrected chi connectivity index (χ2v) is 4.97. The molecule has 19 heavy (non-hydrogen) atoms. The number of pyridine rings is 1. The van der Waals surface area contributed by atoms with Gasteiger partial charge in [-0.25, -0.2) is 0 Å². The number of aromatic nitrogens is 1. The summed E-state index contributed by atoms with van der Waals surface area (Å²) >= 11 is 0. The van der Waals surface area contributed by atoms with Gasteiger partial charge in [-0.1, -0.05) is 18.2 Å². The van der Waals surface area contributed by atoms with E-state index in [1.165, 1.54) is 11.1 Å². The fourth-order valence-corrected chi connectivity index (χ4v) is 2.17. The average Bonchev–Trinajstić information content (AvgIpc) is 2.43. The van der Waals surface area contributed by atoms with E-state index in [4.69, 9.17) is 0 Å². The molecule has 2 N–H and O–H groups in total. The minimum absolute atomic E-state index is 0.253. The minimum atomic E-state index is 0.253. The third kappa shape index (κ3) is 3.32. The summed E-state index contributed by atoms with van der Waals surface area (Å²) in [6.07, 6.45) is 3.66. The zero-order valence-electron chi connectivity index (χ0n) is 11.6. The molecule has 2 rings (SSSR count). The molecule has 1 heterocycles. The molecule has 0 amide bonds. The van der Waals surface area contributed by atoms with Gasteiger partial charge >= 0.3 is 0 Å². The lowest BCUT2D eigenvalue weighted by molar-refractivity contribution is 0.466. The van der Waals surface area contributed by atoms with E-state index >= 15 is 0 Å². The predicted molar refractivity (Wildman–Crippen MR) is 77.1 cm³/mol. The van der Waals surface area contributed by atoms with Crippen LogP contribution in [0.15, 0.2) is 36.7 Å². The molecule has 0 radical (unpaired) electrons. The van der Waals surface area contributed by atoms with E-state index in [-0.39, 0.29) is 6.04 Å². The van der Waals surface area contributed by atoms with Crippen molar-refractivity contribution < 1.29 is 5.11 Å². The molecule has 0 saturated heterocycles. The molecule has 0 bridgehead atoms. The molecule has 0 fully saturated rings. The molecule has 0 spiro atoms. The number of nitrogens with zero attached hydrogens (tertiary/aromatic N) is 1. The van der Waals surface area contributed by atoms with Crippen LogP contribution >= 0.6 is 0 Å². The van der Waals surface area contributed by atoms with E-state index in [1.807, 2.05) is 38.2 Å². The van der Waals surface area contributed by atoms with Crippen molar-refractivity contribution in [3.8, 4) is 5.75 Å². The molecule has 0 aliphatic heterocycles. The van der Waals surface area contributed by atoms with Crippen molar-refractivity contribution in [1.29, 1.82) is 0 Å². The van der Waals surface area contributed by atoms with Gasteiger partial charge in [0.15, 0.2) is 0 Å². The first-order valence-corrected chi connectivity index (χ1v) is 6.50. The first-order valence-electron chi connectivity index (χ1n) is 6.50. The molecule has 1 aromatic carbocycles. The zero-order valence-corrected chi connectivity index (χ0v) is 11.6. The molecule has 100 valence electrons. The molecule has 1 unspecified atom stereocenters. The second kappa shape index (κ2) is 5.85. The van der Waals surface area contributed by atoms with Crippen LogP contribution < -0.4 is 5.32 Å². The van der Waals surface area contributed by atoms with Crippen molar-refractivity contribution in [2.45, 2.75) is 33.4 Å². The summed E-state index contributed by atoms with van der Waals surface area (Å²) < 4.78 is 0. The highest BCUT2D eigenvalue weighted by molar-refractivity contribution is 5.42. The molecule has 2 aromatic rings. The largest absolute Gasteiger partial charge is 0.507 e. The lowest BCUT2D eigenvalue weighted by Gasteiger charge is -2.15. The molecule has 3 heteroatoms. The Morgan fingerprint density at radius 2 is 1.95 bits per heavy atom. The Morgan fingerprint density at radius 3 is 2.53 bits per heavy atom. The van der Waals surface area contributed by atoms with Crippen LogP contribution in [0, 0.1) is 13.8 Å². The van der Waals surface area contributed by atoms with Gasteiger partial charge in [0.1, 0.15) is 5.75 Å². The zero-order chi connectivity index (χ0) is 13.8. The summed E-state index contributed by atoms with van der Waals surface area (Å²) in [7, 11) is 0. The van der Waals surface area contributed by atoms with Crippen LogP contribution in [-0.4, -0.2) is 10.1 Å². The Balaban J connectivity index is 2.03. The third-order valence-corrected chi connectivity index (χ3v) is 3.35. The summed E-state index contributed by atoms with van der Waals surface area (Å²) in [6.45, 7) is 6.75. The number of rotatable bonds is 4. The Morgan fingerprint density at radius 1 is 1.26 bits per heavy atom. The molecule has 1 aromatic heterocycles. The van der Waals surface area contributed by atoms with Gasteiger partial charge in [0.2, 0.25) is 0 Å². The van der Waals surface area contributed by atoms with Crippen molar-refractivity contribution in [3.63, 3.8) is 0 Å². The topological polar surface area (TPSA) is 45.2 Å². The lowest BCUT2D eigenvalue weighted by Crippen LogP contribution is -2.18. The standard InChI is InChI=1S/C16H20N2O/c1-11-7-14(8-12(2)16(11)19)9-18-13(3)15-5-4-6-17-10-15/h4-8,10,13,18-19H,9H2,1-3H3. The van der Waals surface area contributed by atoms with E-state index in [0.29, 0.717) is 5.75 Å². The van der Waals surface area contributed by atoms with E-state index in [9.17, 15) is 5.11 Å². The van der Waals surface area contributed by atoms with Crippen LogP contribution in [0.25, 0.3) is 0 Å². The monoisotopic (exact) mass is 256 g/mol. The SMILES string of the molecule is Cc1cc(CNC(C)c2cccnc2)cc(C)c1O. The van der Waals surface area contributed by atoms with Crippen molar-refractivity contribution in [2.75, 3.05) is 0 Å². The van der Waals surface area contributed by atoms with Crippen LogP contribution in [0.4, 0.5) is 0 Å². The number of hydrogen-bond donors (Lipinski definition) is 2. The predicted octanol–water partition coefficient (Wildman–Crippen LogP) is 3.25. The average molecular weight is 256 g/mol. The second-order valence-electron chi connectivity index (χ2n) is 4.97. The van der Waals surface area contributed by atoms with Crippen molar-refractivity contribution in [3.05, 3.63) is 58.9 Å². The van der Waals surface area contributed by atoms with Crippen molar-refractivity contribution >= 4 is 0 Å². The molecule has 3 nitrogen and oxygen atoms in total. The van der Waals surface area contributed by atoms with Gasteiger partial charge in [0, 0.05) is 25.0 Å². The highest BCUT2D eigenvalue weighted by Gasteiger charge is 2.07. The van der Waals surface area contributed by atoms with E-state index in [0.717, 1.165) is 17.7 Å². The highest BCUT2D eigenvalue weighted by atomic mass is 16.3. The first-order chi connectivity index (χ1) is 9.08. The number of aryl methyl sites for hydroxylation is 2. The summed E-state index contributed by atoms with van der Waals surface area (Å²) in [6, 6.07) is 8.31. The van der Waals surface area contributed by atoms with Crippen LogP contribution in [0.5, 0.6) is 5.75 Å². The summed E-state index contributed by atoms with van der Waals surface area (Å²) in [4.78, 5) is 4.13. The fraction of sp³-hybridized carbons (Fsp3) is 0.312. The maximum Gasteiger partial charge on any atom is 0.121 e. The number of phenolic OH excluding ortho intramolecular Hbond substituents is 1. The maximum absolute atomic E-state index is 9.76. The van der Waals surface area contributed by atoms with Crippen LogP contribution in [0.2, 0.25) is 0 Å². The Kier molecular flexibility index (Phi) is 4.17. The molecule has 0 aliphatic rings. The van der Waals surface area contributed by atoms with Gasteiger partial charge in [0.05, 0.1) is 0 Å². The molecular formula is C16H20N2O. The first kappa shape index (κ1) is 13.6. The van der Waals surface area contributed by atoms with Crippen molar-refractivity contribution in [2.24, 2.45) is 0 Å². The van der Waals surface area contributed by atoms with E-state index in [1.54, 1.807) is 6.20 Å². The molecule has 1 atom stereocenters. The van der Waals surface area contributed by atoms with Gasteiger partial charge in [-0.15, -0.1) is 0 Å². The summed E-state index contributed by atoms with van der Waals surface area (Å²) in [5, 5.41) is 13.2. The van der Waals surface area contributed by atoms with Gasteiger partial charge in [-0.2, -0.15) is 0 Å². The molecule has 0 saturated carbocycles. The van der Waals surface area contributed by atoms with Crippen LogP contribution in [0.3, 0.4) is 0 Å². The lowest BCUT2D eigenvalue weighted by atomic mass is 10.0. The number of benzene rings is 1. The van der Waals surface area contributed by atoms with Gasteiger partial charge in [0.25, 0.3) is 0 Å². The highest BCUT2D eigenvalue weighted by Crippen LogP contribution is 2.23. The van der Waals surface area contributed by atoms with Crippen LogP contribution in [0.1, 0.15) is 35.2 Å². The third-order valence-electron chi connectivity index (χ3n) is 3.35. The summed E-state index contributed by atoms with van der Waals surface area (Å²) in [5.74, 6) is 0.393. The maximum atomic E-state index is 9.76. The van der Waals surface area contributed by atoms with E-state index < -0.39 is 0 Å². The Hall–Kier alpha value is -1.87. The number of aromatic hydroxyl groups is 1. The summed E-state index contributed by atoms with van der Waals surface area (Å²) in [5.41, 5.74) is 4.20. The van der Waals surface area contributed by atoms with Crippen molar-refractivity contribution in [1.82, 2.24) is 10.3 Å². The van der Waals surface area contributed by atoms with Crippen LogP contribution in [-0.2, 0) is 6.54 Å². The molecular weight excluding hydrogens is 236 g/mol. The number of phenols is 1. The quantitative estimate of drug-likeness (QED) is 0.882. The Labute approximate surface area is 114 Å². The normalized spacial score (nSPS) is 12.4. The van der Waals surface area contributed by atoms with E-state index in [2.05, 4.69) is 23.3 Å². The smallest absolute Gasteiger partial charge is 0.121 e. The van der Waals surface area contributed by atoms with Gasteiger partial charge in [-0.05, 0) is 49.1 Å². The van der Waals surface area contributed by atoms with Gasteiger partial charge < -0.3 is 10.4 Å². The number of nitrogens with one attached hydrogen (secondary N) is 1. The Bertz CT molecular complexity index is 529. The minimum Gasteiger partial charge on any atom is -0.507 e. The number of hydrogen-bond acceptors (Lipinski definition) is 3. The molecule has 0 aliphatic carbocycles. The van der Waals surface area contributed by atoms with Gasteiger partial charge in [-0.3, -0.25) is 4.98 Å².